The van der Waals surface area contributed by atoms with Crippen molar-refractivity contribution in [3.05, 3.63) is 60.3 Å². The lowest BCUT2D eigenvalue weighted by atomic mass is 10.0. The van der Waals surface area contributed by atoms with Gasteiger partial charge in [-0.1, -0.05) is 6.07 Å². The highest BCUT2D eigenvalue weighted by Gasteiger charge is 2.19. The number of carbonyl (C=O) groups is 1. The second kappa shape index (κ2) is 8.74. The Balaban J connectivity index is 1.92. The van der Waals surface area contributed by atoms with Crippen LogP contribution in [0, 0.1) is 6.92 Å². The maximum absolute atomic E-state index is 12.2. The second-order valence-electron chi connectivity index (χ2n) is 8.11. The second-order valence-corrected chi connectivity index (χ2v) is 8.11. The predicted molar refractivity (Wildman–Crippen MR) is 123 cm³/mol. The fourth-order valence-electron chi connectivity index (χ4n) is 3.43. The first-order chi connectivity index (χ1) is 15.3. The topological polar surface area (TPSA) is 87.2 Å². The highest BCUT2D eigenvalue weighted by atomic mass is 16.5. The molecule has 0 amide bonds. The summed E-state index contributed by atoms with van der Waals surface area (Å²) < 4.78 is 8.88. The Kier molecular flexibility index (Phi) is 5.85. The molecule has 0 N–H and O–H groups in total. The number of carbonyl (C=O) groups excluding carboxylic acids is 1. The molecule has 0 atom stereocenters. The summed E-state index contributed by atoms with van der Waals surface area (Å²) >= 11 is 0. The van der Waals surface area contributed by atoms with Crippen LogP contribution in [-0.2, 0) is 9.53 Å². The van der Waals surface area contributed by atoms with Crippen LogP contribution in [-0.4, -0.2) is 41.4 Å². The van der Waals surface area contributed by atoms with Crippen LogP contribution in [0.25, 0.3) is 34.2 Å². The molecule has 4 aromatic heterocycles. The van der Waals surface area contributed by atoms with Gasteiger partial charge in [-0.3, -0.25) is 9.67 Å². The van der Waals surface area contributed by atoms with Gasteiger partial charge < -0.3 is 4.74 Å². The van der Waals surface area contributed by atoms with Crippen LogP contribution >= 0.6 is 0 Å². The predicted octanol–water partition coefficient (Wildman–Crippen LogP) is 4.51. The Labute approximate surface area is 186 Å². The molecule has 0 unspecified atom stereocenters. The third-order valence-electron chi connectivity index (χ3n) is 4.89. The lowest BCUT2D eigenvalue weighted by Gasteiger charge is -2.09. The molecule has 0 radical (unpaired) electrons. The van der Waals surface area contributed by atoms with E-state index in [9.17, 15) is 4.79 Å². The first-order valence-electron chi connectivity index (χ1n) is 10.6. The molecule has 0 aliphatic carbocycles. The van der Waals surface area contributed by atoms with E-state index in [1.807, 2.05) is 62.0 Å². The number of ether oxygens (including phenoxy) is 1. The first-order valence-corrected chi connectivity index (χ1v) is 10.6. The SMILES string of the molecule is Cc1cccc(-c2nn(C(C)C)cc2-c2ccc3ncnn3c2/C=C/C(=O)OC(C)C)n1. The Morgan fingerprint density at radius 3 is 2.62 bits per heavy atom. The summed E-state index contributed by atoms with van der Waals surface area (Å²) in [5.41, 5.74) is 5.60. The molecular weight excluding hydrogens is 404 g/mol. The van der Waals surface area contributed by atoms with Crippen molar-refractivity contribution < 1.29 is 9.53 Å². The molecule has 4 aromatic rings. The molecule has 0 aliphatic rings. The summed E-state index contributed by atoms with van der Waals surface area (Å²) in [6.45, 7) is 9.74. The molecule has 0 saturated heterocycles. The minimum Gasteiger partial charge on any atom is -0.460 e. The summed E-state index contributed by atoms with van der Waals surface area (Å²) in [6.07, 6.45) is 6.42. The highest BCUT2D eigenvalue weighted by Crippen LogP contribution is 2.34. The first kappa shape index (κ1) is 21.4. The number of aryl methyl sites for hydroxylation is 1. The zero-order chi connectivity index (χ0) is 22.8. The van der Waals surface area contributed by atoms with Crippen molar-refractivity contribution in [1.82, 2.24) is 29.4 Å². The fraction of sp³-hybridized carbons (Fsp3) is 0.292. The van der Waals surface area contributed by atoms with Gasteiger partial charge in [0.1, 0.15) is 12.0 Å². The Morgan fingerprint density at radius 1 is 1.09 bits per heavy atom. The average Bonchev–Trinajstić information content (AvgIpc) is 3.38. The molecule has 0 bridgehead atoms. The number of pyridine rings is 2. The largest absolute Gasteiger partial charge is 0.460 e. The van der Waals surface area contributed by atoms with Gasteiger partial charge in [-0.25, -0.2) is 14.3 Å². The molecular formula is C24H26N6O2. The van der Waals surface area contributed by atoms with E-state index in [1.165, 1.54) is 12.4 Å². The van der Waals surface area contributed by atoms with Gasteiger partial charge in [-0.15, -0.1) is 0 Å². The Bertz CT molecular complexity index is 1300. The number of fused-ring (bicyclic) bond motifs is 1. The summed E-state index contributed by atoms with van der Waals surface area (Å²) in [5.74, 6) is -0.415. The van der Waals surface area contributed by atoms with Gasteiger partial charge in [0.25, 0.3) is 0 Å². The molecule has 0 fully saturated rings. The maximum atomic E-state index is 12.2. The van der Waals surface area contributed by atoms with Gasteiger partial charge in [0.05, 0.1) is 17.5 Å². The lowest BCUT2D eigenvalue weighted by molar-refractivity contribution is -0.141. The van der Waals surface area contributed by atoms with Gasteiger partial charge >= 0.3 is 5.97 Å². The van der Waals surface area contributed by atoms with E-state index in [1.54, 1.807) is 10.6 Å². The van der Waals surface area contributed by atoms with Gasteiger partial charge in [0, 0.05) is 35.1 Å². The Morgan fingerprint density at radius 2 is 1.91 bits per heavy atom. The van der Waals surface area contributed by atoms with Crippen molar-refractivity contribution >= 4 is 17.7 Å². The number of esters is 1. The van der Waals surface area contributed by atoms with Crippen LogP contribution in [0.2, 0.25) is 0 Å². The van der Waals surface area contributed by atoms with Crippen LogP contribution in [0.5, 0.6) is 0 Å². The van der Waals surface area contributed by atoms with Crippen molar-refractivity contribution in [3.8, 4) is 22.5 Å². The number of rotatable bonds is 6. The van der Waals surface area contributed by atoms with Crippen molar-refractivity contribution in [3.63, 3.8) is 0 Å². The Hall–Kier alpha value is -3.81. The zero-order valence-electron chi connectivity index (χ0n) is 18.9. The van der Waals surface area contributed by atoms with Crippen molar-refractivity contribution in [2.24, 2.45) is 0 Å². The molecule has 8 nitrogen and oxygen atoms in total. The molecule has 0 aliphatic heterocycles. The standard InChI is InChI=1S/C24H26N6O2/c1-15(2)29-13-19(24(28-29)20-8-6-7-17(5)27-20)18-9-11-22-25-14-26-30(22)21(18)10-12-23(31)32-16(3)4/h6-16H,1-5H3/b12-10+. The maximum Gasteiger partial charge on any atom is 0.331 e. The summed E-state index contributed by atoms with van der Waals surface area (Å²) in [6, 6.07) is 9.91. The third kappa shape index (κ3) is 4.30. The van der Waals surface area contributed by atoms with Gasteiger partial charge in [-0.05, 0) is 65.0 Å². The third-order valence-corrected chi connectivity index (χ3v) is 4.89. The van der Waals surface area contributed by atoms with E-state index in [0.29, 0.717) is 11.3 Å². The minimum absolute atomic E-state index is 0.169. The normalized spacial score (nSPS) is 11.8. The summed E-state index contributed by atoms with van der Waals surface area (Å²) in [5, 5.41) is 9.20. The van der Waals surface area contributed by atoms with E-state index in [-0.39, 0.29) is 12.1 Å². The van der Waals surface area contributed by atoms with Crippen molar-refractivity contribution in [2.45, 2.75) is 46.8 Å². The van der Waals surface area contributed by atoms with E-state index in [4.69, 9.17) is 9.84 Å². The van der Waals surface area contributed by atoms with Gasteiger partial charge in [0.2, 0.25) is 0 Å². The minimum atomic E-state index is -0.415. The van der Waals surface area contributed by atoms with Crippen LogP contribution < -0.4 is 0 Å². The summed E-state index contributed by atoms with van der Waals surface area (Å²) in [7, 11) is 0. The quantitative estimate of drug-likeness (QED) is 0.330. The van der Waals surface area contributed by atoms with Crippen molar-refractivity contribution in [2.75, 3.05) is 0 Å². The fourth-order valence-corrected chi connectivity index (χ4v) is 3.43. The average molecular weight is 431 g/mol. The number of nitrogens with zero attached hydrogens (tertiary/aromatic N) is 6. The molecule has 4 rings (SSSR count). The zero-order valence-corrected chi connectivity index (χ0v) is 18.9. The summed E-state index contributed by atoms with van der Waals surface area (Å²) in [4.78, 5) is 21.2. The van der Waals surface area contributed by atoms with Crippen LogP contribution in [0.4, 0.5) is 0 Å². The van der Waals surface area contributed by atoms with Crippen LogP contribution in [0.3, 0.4) is 0 Å². The molecule has 8 heteroatoms. The van der Waals surface area contributed by atoms with E-state index in [2.05, 4.69) is 28.9 Å². The molecule has 0 saturated carbocycles. The molecule has 0 aromatic carbocycles. The number of hydrogen-bond acceptors (Lipinski definition) is 6. The molecule has 0 spiro atoms. The molecule has 4 heterocycles. The number of hydrogen-bond donors (Lipinski definition) is 0. The van der Waals surface area contributed by atoms with Crippen molar-refractivity contribution in [1.29, 1.82) is 0 Å². The molecule has 32 heavy (non-hydrogen) atoms. The van der Waals surface area contributed by atoms with E-state index in [0.717, 1.165) is 28.2 Å². The van der Waals surface area contributed by atoms with Crippen LogP contribution in [0.1, 0.15) is 45.1 Å². The van der Waals surface area contributed by atoms with Gasteiger partial charge in [0.15, 0.2) is 5.65 Å². The van der Waals surface area contributed by atoms with E-state index < -0.39 is 5.97 Å². The lowest BCUT2D eigenvalue weighted by Crippen LogP contribution is -2.08. The smallest absolute Gasteiger partial charge is 0.331 e. The highest BCUT2D eigenvalue weighted by molar-refractivity contribution is 5.90. The monoisotopic (exact) mass is 430 g/mol. The van der Waals surface area contributed by atoms with Crippen LogP contribution in [0.15, 0.2) is 48.9 Å². The van der Waals surface area contributed by atoms with E-state index >= 15 is 0 Å². The molecule has 164 valence electrons. The van der Waals surface area contributed by atoms with Gasteiger partial charge in [-0.2, -0.15) is 10.2 Å². The number of aromatic nitrogens is 6.